The van der Waals surface area contributed by atoms with Crippen LogP contribution in [0.1, 0.15) is 18.4 Å². The van der Waals surface area contributed by atoms with E-state index in [0.717, 1.165) is 11.0 Å². The maximum Gasteiger partial charge on any atom is 0.417 e. The minimum atomic E-state index is -4.96. The third-order valence-corrected chi connectivity index (χ3v) is 6.44. The Hall–Kier alpha value is -2.79. The molecule has 7 nitrogen and oxygen atoms in total. The second kappa shape index (κ2) is 8.15. The van der Waals surface area contributed by atoms with Crippen molar-refractivity contribution in [1.82, 2.24) is 9.62 Å². The van der Waals surface area contributed by atoms with Gasteiger partial charge in [-0.1, -0.05) is 24.3 Å². The van der Waals surface area contributed by atoms with Crippen LogP contribution in [0.3, 0.4) is 0 Å². The summed E-state index contributed by atoms with van der Waals surface area (Å²) in [5.41, 5.74) is -1.21. The summed E-state index contributed by atoms with van der Waals surface area (Å²) >= 11 is 0. The molecule has 1 aliphatic heterocycles. The number of hydrogen-bond acceptors (Lipinski definition) is 5. The average Bonchev–Trinajstić information content (AvgIpc) is 2.67. The van der Waals surface area contributed by atoms with Crippen molar-refractivity contribution in [2.75, 3.05) is 13.1 Å². The number of piperidine rings is 1. The Morgan fingerprint density at radius 3 is 2.33 bits per heavy atom. The highest BCUT2D eigenvalue weighted by Gasteiger charge is 2.38. The molecule has 0 aliphatic carbocycles. The van der Waals surface area contributed by atoms with Gasteiger partial charge in [0.15, 0.2) is 0 Å². The van der Waals surface area contributed by atoms with E-state index in [1.165, 1.54) is 30.3 Å². The first-order chi connectivity index (χ1) is 14.0. The molecule has 1 amide bonds. The molecule has 162 valence electrons. The lowest BCUT2D eigenvalue weighted by Crippen LogP contribution is -2.50. The number of para-hydroxylation sites is 1. The summed E-state index contributed by atoms with van der Waals surface area (Å²) in [6.07, 6.45) is -6.10. The lowest BCUT2D eigenvalue weighted by atomic mass is 10.0. The highest BCUT2D eigenvalue weighted by atomic mass is 32.2. The number of carbonyl (C=O) groups is 1. The number of nitrogens with one attached hydrogen (secondary N) is 1. The molecule has 2 aromatic rings. The molecule has 1 aliphatic rings. The summed E-state index contributed by atoms with van der Waals surface area (Å²) in [7, 11) is -4.53. The van der Waals surface area contributed by atoms with Gasteiger partial charge in [-0.05, 0) is 36.6 Å². The lowest BCUT2D eigenvalue weighted by molar-refractivity contribution is -0.266. The fourth-order valence-corrected chi connectivity index (χ4v) is 4.85. The van der Waals surface area contributed by atoms with Gasteiger partial charge >= 0.3 is 6.18 Å². The van der Waals surface area contributed by atoms with E-state index in [1.54, 1.807) is 0 Å². The number of hydrogen-bond donors (Lipinski definition) is 2. The van der Waals surface area contributed by atoms with E-state index >= 15 is 0 Å². The number of nitrogens with zero attached hydrogens (tertiary/aromatic N) is 1. The summed E-state index contributed by atoms with van der Waals surface area (Å²) in [6, 6.07) is 7.80. The molecule has 0 radical (unpaired) electrons. The highest BCUT2D eigenvalue weighted by Crippen LogP contribution is 2.38. The van der Waals surface area contributed by atoms with Crippen molar-refractivity contribution in [2.24, 2.45) is 0 Å². The van der Waals surface area contributed by atoms with Gasteiger partial charge in [-0.15, -0.1) is 0 Å². The van der Waals surface area contributed by atoms with Crippen LogP contribution in [-0.4, -0.2) is 43.6 Å². The van der Waals surface area contributed by atoms with Crippen LogP contribution in [-0.2, 0) is 16.2 Å². The Morgan fingerprint density at radius 2 is 1.77 bits per heavy atom. The molecule has 0 bridgehead atoms. The predicted octanol–water partition coefficient (Wildman–Crippen LogP) is 2.16. The van der Waals surface area contributed by atoms with Crippen LogP contribution in [0.25, 0.3) is 11.1 Å². The number of alkyl halides is 3. The SMILES string of the molecule is O=C([O-])N1CCC(NS(=O)(=O)c2ccc(-c3ccccc3O)cc2C(F)(F)F)CC1. The molecular weight excluding hydrogens is 425 g/mol. The molecule has 1 heterocycles. The topological polar surface area (TPSA) is 110 Å². The lowest BCUT2D eigenvalue weighted by Gasteiger charge is -2.33. The second-order valence-electron chi connectivity index (χ2n) is 6.87. The van der Waals surface area contributed by atoms with Crippen LogP contribution in [0.2, 0.25) is 0 Å². The fraction of sp³-hybridized carbons (Fsp3) is 0.316. The third-order valence-electron chi connectivity index (χ3n) is 4.86. The second-order valence-corrected chi connectivity index (χ2v) is 8.56. The highest BCUT2D eigenvalue weighted by molar-refractivity contribution is 7.89. The molecule has 3 rings (SSSR count). The summed E-state index contributed by atoms with van der Waals surface area (Å²) in [5.74, 6) is -0.237. The summed E-state index contributed by atoms with van der Waals surface area (Å²) in [6.45, 7) is 0.0434. The molecule has 0 spiro atoms. The van der Waals surface area contributed by atoms with Crippen LogP contribution in [0.15, 0.2) is 47.4 Å². The van der Waals surface area contributed by atoms with E-state index in [0.29, 0.717) is 6.07 Å². The predicted molar refractivity (Wildman–Crippen MR) is 98.9 cm³/mol. The van der Waals surface area contributed by atoms with Crippen molar-refractivity contribution < 1.29 is 36.6 Å². The Balaban J connectivity index is 1.92. The third kappa shape index (κ3) is 4.68. The monoisotopic (exact) mass is 443 g/mol. The van der Waals surface area contributed by atoms with Gasteiger partial charge in [0.05, 0.1) is 10.5 Å². The minimum Gasteiger partial charge on any atom is -0.530 e. The number of aromatic hydroxyl groups is 1. The van der Waals surface area contributed by atoms with Gasteiger partial charge < -0.3 is 19.9 Å². The van der Waals surface area contributed by atoms with Crippen molar-refractivity contribution in [1.29, 1.82) is 0 Å². The van der Waals surface area contributed by atoms with Crippen molar-refractivity contribution >= 4 is 16.1 Å². The Bertz CT molecular complexity index is 1050. The normalized spacial score (nSPS) is 15.9. The number of carboxylic acid groups (broad SMARTS) is 1. The number of halogens is 3. The first-order valence-corrected chi connectivity index (χ1v) is 10.5. The number of amides is 1. The van der Waals surface area contributed by atoms with Gasteiger partial charge in [0, 0.05) is 24.7 Å². The summed E-state index contributed by atoms with van der Waals surface area (Å²) in [5, 5.41) is 20.7. The number of carbonyl (C=O) groups excluding carboxylic acids is 1. The van der Waals surface area contributed by atoms with Crippen LogP contribution in [0.5, 0.6) is 5.75 Å². The largest absolute Gasteiger partial charge is 0.530 e. The zero-order valence-electron chi connectivity index (χ0n) is 15.5. The Labute approximate surface area is 170 Å². The average molecular weight is 443 g/mol. The summed E-state index contributed by atoms with van der Waals surface area (Å²) < 4.78 is 68.6. The number of sulfonamides is 1. The van der Waals surface area contributed by atoms with Gasteiger partial charge in [0.2, 0.25) is 10.0 Å². The van der Waals surface area contributed by atoms with Crippen LogP contribution in [0, 0.1) is 0 Å². The molecule has 1 fully saturated rings. The first kappa shape index (κ1) is 21.9. The molecule has 0 atom stereocenters. The first-order valence-electron chi connectivity index (χ1n) is 8.97. The molecule has 30 heavy (non-hydrogen) atoms. The van der Waals surface area contributed by atoms with E-state index in [-0.39, 0.29) is 42.8 Å². The molecule has 0 unspecified atom stereocenters. The molecular formula is C19H18F3N2O5S-. The quantitative estimate of drug-likeness (QED) is 0.753. The van der Waals surface area contributed by atoms with Gasteiger partial charge in [-0.2, -0.15) is 13.2 Å². The van der Waals surface area contributed by atoms with E-state index in [2.05, 4.69) is 4.72 Å². The van der Waals surface area contributed by atoms with Crippen LogP contribution in [0.4, 0.5) is 18.0 Å². The Kier molecular flexibility index (Phi) is 5.95. The van der Waals surface area contributed by atoms with E-state index in [1.807, 2.05) is 0 Å². The Morgan fingerprint density at radius 1 is 1.13 bits per heavy atom. The number of benzene rings is 2. The smallest absolute Gasteiger partial charge is 0.417 e. The summed E-state index contributed by atoms with van der Waals surface area (Å²) in [4.78, 5) is 10.9. The minimum absolute atomic E-state index is 0.0154. The van der Waals surface area contributed by atoms with Gasteiger partial charge in [0.1, 0.15) is 11.8 Å². The fourth-order valence-electron chi connectivity index (χ4n) is 3.33. The van der Waals surface area contributed by atoms with Gasteiger partial charge in [-0.3, -0.25) is 0 Å². The van der Waals surface area contributed by atoms with Gasteiger partial charge in [-0.25, -0.2) is 13.1 Å². The molecule has 2 aromatic carbocycles. The van der Waals surface area contributed by atoms with Crippen molar-refractivity contribution in [3.05, 3.63) is 48.0 Å². The molecule has 0 aromatic heterocycles. The van der Waals surface area contributed by atoms with Crippen LogP contribution < -0.4 is 9.83 Å². The number of likely N-dealkylation sites (tertiary alicyclic amines) is 1. The van der Waals surface area contributed by atoms with E-state index in [4.69, 9.17) is 0 Å². The molecule has 1 saturated heterocycles. The van der Waals surface area contributed by atoms with Crippen molar-refractivity contribution in [3.63, 3.8) is 0 Å². The molecule has 11 heteroatoms. The zero-order valence-corrected chi connectivity index (χ0v) is 16.3. The van der Waals surface area contributed by atoms with E-state index < -0.39 is 38.8 Å². The maximum atomic E-state index is 13.7. The molecule has 0 saturated carbocycles. The molecule has 2 N–H and O–H groups in total. The number of phenolic OH excluding ortho intramolecular Hbond substituents is 1. The van der Waals surface area contributed by atoms with Crippen LogP contribution >= 0.6 is 0 Å². The van der Waals surface area contributed by atoms with Crippen molar-refractivity contribution in [3.8, 4) is 16.9 Å². The zero-order chi connectivity index (χ0) is 22.1. The van der Waals surface area contributed by atoms with E-state index in [9.17, 15) is 36.6 Å². The standard InChI is InChI=1S/C19H19F3N2O5S/c20-19(21,22)15-11-12(14-3-1-2-4-16(14)25)5-6-17(15)30(28,29)23-13-7-9-24(10-8-13)18(26)27/h1-6,11,13,23,25H,7-10H2,(H,26,27)/p-1. The number of phenols is 1. The number of rotatable bonds is 4. The maximum absolute atomic E-state index is 13.7. The van der Waals surface area contributed by atoms with Gasteiger partial charge in [0.25, 0.3) is 0 Å². The van der Waals surface area contributed by atoms with Crippen molar-refractivity contribution in [2.45, 2.75) is 30.0 Å².